The second-order valence-electron chi connectivity index (χ2n) is 11.0. The van der Waals surface area contributed by atoms with Crippen molar-refractivity contribution in [3.8, 4) is 5.82 Å². The van der Waals surface area contributed by atoms with E-state index in [1.54, 1.807) is 22.3 Å². The molecule has 1 N–H and O–H groups in total. The summed E-state index contributed by atoms with van der Waals surface area (Å²) in [5, 5.41) is 3.34. The van der Waals surface area contributed by atoms with Gasteiger partial charge in [-0.25, -0.2) is 19.6 Å². The third-order valence-electron chi connectivity index (χ3n) is 6.79. The number of piperazine rings is 1. The van der Waals surface area contributed by atoms with Gasteiger partial charge in [-0.2, -0.15) is 4.98 Å². The Morgan fingerprint density at radius 1 is 1.00 bits per heavy atom. The molecule has 2 aromatic carbocycles. The Labute approximate surface area is 239 Å². The van der Waals surface area contributed by atoms with Gasteiger partial charge in [-0.15, -0.1) is 0 Å². The van der Waals surface area contributed by atoms with E-state index >= 15 is 0 Å². The number of hydrogen-bond donors (Lipinski definition) is 1. The highest BCUT2D eigenvalue weighted by Gasteiger charge is 2.38. The topological polar surface area (TPSA) is 115 Å². The Morgan fingerprint density at radius 3 is 2.54 bits per heavy atom. The zero-order valence-corrected chi connectivity index (χ0v) is 23.7. The van der Waals surface area contributed by atoms with E-state index in [4.69, 9.17) is 14.5 Å². The van der Waals surface area contributed by atoms with Crippen LogP contribution >= 0.6 is 0 Å². The Hall–Kier alpha value is -4.67. The minimum Gasteiger partial charge on any atom is -0.445 e. The lowest BCUT2D eigenvalue weighted by molar-refractivity contribution is -0.000536. The van der Waals surface area contributed by atoms with E-state index in [-0.39, 0.29) is 19.2 Å². The van der Waals surface area contributed by atoms with Crippen LogP contribution in [0.4, 0.5) is 15.5 Å². The fourth-order valence-corrected chi connectivity index (χ4v) is 4.75. The second kappa shape index (κ2) is 11.8. The first-order chi connectivity index (χ1) is 19.7. The number of carbonyl (C=O) groups excluding carboxylic acids is 2. The minimum atomic E-state index is -0.631. The van der Waals surface area contributed by atoms with Gasteiger partial charge >= 0.3 is 12.2 Å². The van der Waals surface area contributed by atoms with Gasteiger partial charge < -0.3 is 19.7 Å². The number of ether oxygens (including phenoxy) is 2. The molecule has 1 aliphatic rings. The van der Waals surface area contributed by atoms with E-state index in [0.717, 1.165) is 16.6 Å². The highest BCUT2D eigenvalue weighted by atomic mass is 16.6. The molecule has 41 heavy (non-hydrogen) atoms. The van der Waals surface area contributed by atoms with Gasteiger partial charge in [0, 0.05) is 31.9 Å². The third kappa shape index (κ3) is 6.74. The van der Waals surface area contributed by atoms with Crippen LogP contribution in [-0.4, -0.2) is 78.8 Å². The maximum Gasteiger partial charge on any atom is 0.410 e. The van der Waals surface area contributed by atoms with E-state index in [0.29, 0.717) is 24.9 Å². The average molecular weight is 558 g/mol. The first kappa shape index (κ1) is 27.9. The molecule has 0 spiro atoms. The van der Waals surface area contributed by atoms with Gasteiger partial charge in [0.15, 0.2) is 0 Å². The van der Waals surface area contributed by atoms with Crippen LogP contribution < -0.4 is 5.32 Å². The van der Waals surface area contributed by atoms with Gasteiger partial charge in [0.25, 0.3) is 0 Å². The van der Waals surface area contributed by atoms with Crippen molar-refractivity contribution < 1.29 is 19.1 Å². The number of benzene rings is 2. The number of fused-ring (bicyclic) bond motifs is 1. The van der Waals surface area contributed by atoms with Crippen LogP contribution in [-0.2, 0) is 16.1 Å². The molecule has 5 rings (SSSR count). The second-order valence-corrected chi connectivity index (χ2v) is 11.0. The van der Waals surface area contributed by atoms with Crippen molar-refractivity contribution in [3.63, 3.8) is 0 Å². The van der Waals surface area contributed by atoms with Crippen LogP contribution in [0.1, 0.15) is 33.3 Å². The molecule has 1 saturated heterocycles. The molecule has 0 aliphatic carbocycles. The molecule has 1 aliphatic heterocycles. The molecule has 11 heteroatoms. The Morgan fingerprint density at radius 2 is 1.76 bits per heavy atom. The molecule has 11 nitrogen and oxygen atoms in total. The predicted octanol–water partition coefficient (Wildman–Crippen LogP) is 4.87. The fourth-order valence-electron chi connectivity index (χ4n) is 4.75. The lowest BCUT2D eigenvalue weighted by Gasteiger charge is -2.43. The van der Waals surface area contributed by atoms with Crippen LogP contribution in [0.2, 0.25) is 0 Å². The lowest BCUT2D eigenvalue weighted by atomic mass is 10.1. The standard InChI is InChI=1S/C30H35N7O4/c1-21(33-27-31-15-14-26(34-27)37-20-32-23-12-8-9-13-24(23)37)25-18-35(28(38)41-30(2,3)4)16-17-36(25)29(39)40-19-22-10-6-5-7-11-22/h5-15,20-21,25H,16-19H2,1-4H3,(H,31,33,34)/t21-,25?/m0/s1. The van der Waals surface area contributed by atoms with Crippen molar-refractivity contribution in [2.24, 2.45) is 0 Å². The van der Waals surface area contributed by atoms with Crippen molar-refractivity contribution in [3.05, 3.63) is 78.8 Å². The summed E-state index contributed by atoms with van der Waals surface area (Å²) >= 11 is 0. The molecule has 0 saturated carbocycles. The summed E-state index contributed by atoms with van der Waals surface area (Å²) in [6.45, 7) is 8.47. The highest BCUT2D eigenvalue weighted by molar-refractivity contribution is 5.76. The van der Waals surface area contributed by atoms with Gasteiger partial charge in [0.1, 0.15) is 24.4 Å². The molecule has 2 amide bonds. The quantitative estimate of drug-likeness (QED) is 0.357. The lowest BCUT2D eigenvalue weighted by Crippen LogP contribution is -2.61. The average Bonchev–Trinajstić information content (AvgIpc) is 3.40. The zero-order valence-electron chi connectivity index (χ0n) is 23.7. The molecule has 1 unspecified atom stereocenters. The van der Waals surface area contributed by atoms with Gasteiger partial charge in [0.2, 0.25) is 5.95 Å². The summed E-state index contributed by atoms with van der Waals surface area (Å²) in [5.41, 5.74) is 2.06. The molecule has 0 radical (unpaired) electrons. The smallest absolute Gasteiger partial charge is 0.410 e. The van der Waals surface area contributed by atoms with Gasteiger partial charge in [-0.05, 0) is 51.5 Å². The number of rotatable bonds is 6. The van der Waals surface area contributed by atoms with Crippen LogP contribution in [0.3, 0.4) is 0 Å². The number of para-hydroxylation sites is 2. The maximum absolute atomic E-state index is 13.3. The number of nitrogens with one attached hydrogen (secondary N) is 1. The summed E-state index contributed by atoms with van der Waals surface area (Å²) in [4.78, 5) is 43.1. The molecule has 1 fully saturated rings. The fraction of sp³-hybridized carbons (Fsp3) is 0.367. The van der Waals surface area contributed by atoms with Gasteiger partial charge in [-0.3, -0.25) is 9.47 Å². The number of hydrogen-bond acceptors (Lipinski definition) is 8. The van der Waals surface area contributed by atoms with Gasteiger partial charge in [-0.1, -0.05) is 42.5 Å². The highest BCUT2D eigenvalue weighted by Crippen LogP contribution is 2.21. The minimum absolute atomic E-state index is 0.157. The maximum atomic E-state index is 13.3. The number of nitrogens with zero attached hydrogens (tertiary/aromatic N) is 6. The van der Waals surface area contributed by atoms with Crippen LogP contribution in [0.5, 0.6) is 0 Å². The first-order valence-corrected chi connectivity index (χ1v) is 13.7. The molecular formula is C30H35N7O4. The van der Waals surface area contributed by atoms with E-state index in [9.17, 15) is 9.59 Å². The molecule has 2 aromatic heterocycles. The Balaban J connectivity index is 1.34. The summed E-state index contributed by atoms with van der Waals surface area (Å²) in [6.07, 6.45) is 2.53. The molecule has 3 heterocycles. The summed E-state index contributed by atoms with van der Waals surface area (Å²) in [6, 6.07) is 18.4. The Bertz CT molecular complexity index is 1500. The number of imidazole rings is 1. The van der Waals surface area contributed by atoms with Gasteiger partial charge in [0.05, 0.1) is 17.1 Å². The van der Waals surface area contributed by atoms with E-state index < -0.39 is 23.8 Å². The summed E-state index contributed by atoms with van der Waals surface area (Å²) in [5.74, 6) is 1.04. The third-order valence-corrected chi connectivity index (χ3v) is 6.79. The largest absolute Gasteiger partial charge is 0.445 e. The normalized spacial score (nSPS) is 16.3. The van der Waals surface area contributed by atoms with Crippen molar-refractivity contribution in [1.82, 2.24) is 29.3 Å². The number of carbonyl (C=O) groups is 2. The molecule has 4 aromatic rings. The number of aromatic nitrogens is 4. The summed E-state index contributed by atoms with van der Waals surface area (Å²) in [7, 11) is 0. The van der Waals surface area contributed by atoms with E-state index in [2.05, 4.69) is 15.3 Å². The van der Waals surface area contributed by atoms with Crippen LogP contribution in [0.15, 0.2) is 73.2 Å². The van der Waals surface area contributed by atoms with Crippen molar-refractivity contribution >= 4 is 29.2 Å². The Kier molecular flexibility index (Phi) is 8.04. The van der Waals surface area contributed by atoms with E-state index in [1.807, 2.05) is 92.9 Å². The van der Waals surface area contributed by atoms with E-state index in [1.165, 1.54) is 0 Å². The van der Waals surface area contributed by atoms with Crippen molar-refractivity contribution in [2.75, 3.05) is 25.0 Å². The molecule has 2 atom stereocenters. The monoisotopic (exact) mass is 557 g/mol. The van der Waals surface area contributed by atoms with Crippen LogP contribution in [0.25, 0.3) is 16.9 Å². The predicted molar refractivity (Wildman–Crippen MR) is 155 cm³/mol. The first-order valence-electron chi connectivity index (χ1n) is 13.7. The molecular weight excluding hydrogens is 522 g/mol. The zero-order chi connectivity index (χ0) is 29.0. The number of amides is 2. The molecule has 0 bridgehead atoms. The molecule has 214 valence electrons. The SMILES string of the molecule is C[C@H](Nc1nccc(-n2cnc3ccccc32)n1)C1CN(C(=O)OC(C)(C)C)CCN1C(=O)OCc1ccccc1. The number of anilines is 1. The van der Waals surface area contributed by atoms with Crippen LogP contribution in [0, 0.1) is 0 Å². The summed E-state index contributed by atoms with van der Waals surface area (Å²) < 4.78 is 13.2. The van der Waals surface area contributed by atoms with Crippen molar-refractivity contribution in [2.45, 2.75) is 52.0 Å². The van der Waals surface area contributed by atoms with Crippen molar-refractivity contribution in [1.29, 1.82) is 0 Å².